The summed E-state index contributed by atoms with van der Waals surface area (Å²) >= 11 is 7.61. The zero-order valence-corrected chi connectivity index (χ0v) is 11.2. The summed E-state index contributed by atoms with van der Waals surface area (Å²) in [7, 11) is 0. The third kappa shape index (κ3) is 5.19. The molecule has 0 heterocycles. The van der Waals surface area contributed by atoms with E-state index in [0.717, 1.165) is 17.9 Å². The Hall–Kier alpha value is -0.250. The van der Waals surface area contributed by atoms with E-state index in [-0.39, 0.29) is 5.82 Å². The molecule has 0 aliphatic carbocycles. The molecule has 0 spiro atoms. The number of halogens is 2. The topological polar surface area (TPSA) is 12.0 Å². The van der Waals surface area contributed by atoms with Crippen molar-refractivity contribution in [2.45, 2.75) is 13.5 Å². The van der Waals surface area contributed by atoms with Gasteiger partial charge in [0.2, 0.25) is 0 Å². The number of rotatable bonds is 6. The van der Waals surface area contributed by atoms with Crippen molar-refractivity contribution < 1.29 is 4.39 Å². The third-order valence-electron chi connectivity index (χ3n) is 2.20. The molecule has 0 saturated heterocycles. The molecule has 1 N–H and O–H groups in total. The van der Waals surface area contributed by atoms with Crippen molar-refractivity contribution in [2.24, 2.45) is 5.92 Å². The van der Waals surface area contributed by atoms with Crippen molar-refractivity contribution in [3.63, 3.8) is 0 Å². The summed E-state index contributed by atoms with van der Waals surface area (Å²) < 4.78 is 13.0. The van der Waals surface area contributed by atoms with Gasteiger partial charge in [-0.1, -0.05) is 18.5 Å². The molecule has 1 atom stereocenters. The van der Waals surface area contributed by atoms with Gasteiger partial charge in [-0.2, -0.15) is 11.8 Å². The molecular weight excluding hydrogens is 245 g/mol. The minimum absolute atomic E-state index is 0.276. The van der Waals surface area contributed by atoms with Gasteiger partial charge in [0, 0.05) is 11.6 Å². The maximum Gasteiger partial charge on any atom is 0.125 e. The number of hydrogen-bond acceptors (Lipinski definition) is 2. The summed E-state index contributed by atoms with van der Waals surface area (Å²) in [4.78, 5) is 0. The summed E-state index contributed by atoms with van der Waals surface area (Å²) in [6.45, 7) is 3.80. The highest BCUT2D eigenvalue weighted by Gasteiger charge is 2.02. The normalized spacial score (nSPS) is 12.8. The zero-order chi connectivity index (χ0) is 12.0. The van der Waals surface area contributed by atoms with E-state index in [0.29, 0.717) is 17.5 Å². The zero-order valence-electron chi connectivity index (χ0n) is 9.59. The van der Waals surface area contributed by atoms with E-state index in [9.17, 15) is 4.39 Å². The first kappa shape index (κ1) is 13.8. The molecule has 0 bridgehead atoms. The molecular formula is C12H17ClFNS. The lowest BCUT2D eigenvalue weighted by Crippen LogP contribution is -2.22. The van der Waals surface area contributed by atoms with Gasteiger partial charge in [-0.15, -0.1) is 0 Å². The Bertz CT molecular complexity index is 313. The first-order valence-electron chi connectivity index (χ1n) is 5.26. The van der Waals surface area contributed by atoms with Crippen LogP contribution in [0.2, 0.25) is 5.02 Å². The molecule has 16 heavy (non-hydrogen) atoms. The third-order valence-corrected chi connectivity index (χ3v) is 3.32. The van der Waals surface area contributed by atoms with E-state index in [1.807, 2.05) is 11.8 Å². The van der Waals surface area contributed by atoms with E-state index in [1.54, 1.807) is 6.07 Å². The highest BCUT2D eigenvalue weighted by Crippen LogP contribution is 2.14. The molecule has 90 valence electrons. The van der Waals surface area contributed by atoms with E-state index in [2.05, 4.69) is 18.5 Å². The molecule has 0 aromatic heterocycles. The molecule has 0 amide bonds. The van der Waals surface area contributed by atoms with E-state index < -0.39 is 0 Å². The van der Waals surface area contributed by atoms with Crippen molar-refractivity contribution in [3.05, 3.63) is 34.6 Å². The Morgan fingerprint density at radius 2 is 2.19 bits per heavy atom. The fourth-order valence-corrected chi connectivity index (χ4v) is 2.45. The van der Waals surface area contributed by atoms with Crippen LogP contribution in [0.1, 0.15) is 12.5 Å². The average Bonchev–Trinajstić information content (AvgIpc) is 2.16. The van der Waals surface area contributed by atoms with Crippen LogP contribution < -0.4 is 5.32 Å². The van der Waals surface area contributed by atoms with Gasteiger partial charge in [-0.05, 0) is 48.2 Å². The molecule has 0 radical (unpaired) electrons. The van der Waals surface area contributed by atoms with Gasteiger partial charge in [0.15, 0.2) is 0 Å². The quantitative estimate of drug-likeness (QED) is 0.840. The van der Waals surface area contributed by atoms with Gasteiger partial charge < -0.3 is 5.32 Å². The van der Waals surface area contributed by atoms with Crippen molar-refractivity contribution in [3.8, 4) is 0 Å². The van der Waals surface area contributed by atoms with Gasteiger partial charge in [0.05, 0.1) is 0 Å². The number of benzene rings is 1. The van der Waals surface area contributed by atoms with Gasteiger partial charge >= 0.3 is 0 Å². The summed E-state index contributed by atoms with van der Waals surface area (Å²) in [6, 6.07) is 4.62. The van der Waals surface area contributed by atoms with Gasteiger partial charge in [-0.25, -0.2) is 4.39 Å². The largest absolute Gasteiger partial charge is 0.312 e. The molecule has 0 aliphatic rings. The summed E-state index contributed by atoms with van der Waals surface area (Å²) in [5.41, 5.74) is 0.890. The predicted octanol–water partition coefficient (Wildman–Crippen LogP) is 3.57. The standard InChI is InChI=1S/C12H17ClFNS/c1-9(8-16-2)6-15-7-10-3-11(13)5-12(14)4-10/h3-5,9,15H,6-8H2,1-2H3. The van der Waals surface area contributed by atoms with Crippen LogP contribution in [0, 0.1) is 11.7 Å². The molecule has 1 unspecified atom stereocenters. The minimum atomic E-state index is -0.276. The lowest BCUT2D eigenvalue weighted by atomic mass is 10.2. The molecule has 0 aliphatic heterocycles. The maximum absolute atomic E-state index is 13.0. The molecule has 1 nitrogen and oxygen atoms in total. The van der Waals surface area contributed by atoms with Crippen molar-refractivity contribution in [1.29, 1.82) is 0 Å². The summed E-state index contributed by atoms with van der Waals surface area (Å²) in [6.07, 6.45) is 2.10. The Kier molecular flexibility index (Phi) is 6.17. The van der Waals surface area contributed by atoms with E-state index in [4.69, 9.17) is 11.6 Å². The van der Waals surface area contributed by atoms with Crippen LogP contribution in [0.3, 0.4) is 0 Å². The first-order chi connectivity index (χ1) is 7.61. The Labute approximate surface area is 106 Å². The lowest BCUT2D eigenvalue weighted by Gasteiger charge is -2.11. The summed E-state index contributed by atoms with van der Waals surface area (Å²) in [5, 5.41) is 3.75. The van der Waals surface area contributed by atoms with E-state index >= 15 is 0 Å². The molecule has 1 rings (SSSR count). The minimum Gasteiger partial charge on any atom is -0.312 e. The highest BCUT2D eigenvalue weighted by molar-refractivity contribution is 7.98. The number of thioether (sulfide) groups is 1. The van der Waals surface area contributed by atoms with Crippen molar-refractivity contribution >= 4 is 23.4 Å². The van der Waals surface area contributed by atoms with Crippen LogP contribution >= 0.6 is 23.4 Å². The van der Waals surface area contributed by atoms with Crippen LogP contribution in [0.4, 0.5) is 4.39 Å². The molecule has 0 saturated carbocycles. The molecule has 4 heteroatoms. The van der Waals surface area contributed by atoms with Crippen LogP contribution in [-0.2, 0) is 6.54 Å². The maximum atomic E-state index is 13.0. The first-order valence-corrected chi connectivity index (χ1v) is 7.03. The fourth-order valence-electron chi connectivity index (χ4n) is 1.52. The van der Waals surface area contributed by atoms with Crippen LogP contribution in [0.5, 0.6) is 0 Å². The van der Waals surface area contributed by atoms with E-state index in [1.165, 1.54) is 12.1 Å². The summed E-state index contributed by atoms with van der Waals surface area (Å²) in [5.74, 6) is 1.48. The van der Waals surface area contributed by atoms with Gasteiger partial charge in [-0.3, -0.25) is 0 Å². The van der Waals surface area contributed by atoms with Gasteiger partial charge in [0.25, 0.3) is 0 Å². The highest BCUT2D eigenvalue weighted by atomic mass is 35.5. The number of nitrogens with one attached hydrogen (secondary N) is 1. The van der Waals surface area contributed by atoms with Crippen molar-refractivity contribution in [2.75, 3.05) is 18.6 Å². The van der Waals surface area contributed by atoms with Crippen LogP contribution in [-0.4, -0.2) is 18.6 Å². The fraction of sp³-hybridized carbons (Fsp3) is 0.500. The van der Waals surface area contributed by atoms with Crippen molar-refractivity contribution in [1.82, 2.24) is 5.32 Å². The smallest absolute Gasteiger partial charge is 0.125 e. The molecule has 1 aromatic carbocycles. The predicted molar refractivity (Wildman–Crippen MR) is 70.7 cm³/mol. The van der Waals surface area contributed by atoms with Crippen LogP contribution in [0.15, 0.2) is 18.2 Å². The second-order valence-electron chi connectivity index (χ2n) is 3.97. The second kappa shape index (κ2) is 7.15. The Morgan fingerprint density at radius 3 is 2.81 bits per heavy atom. The Morgan fingerprint density at radius 1 is 1.44 bits per heavy atom. The van der Waals surface area contributed by atoms with Crippen LogP contribution in [0.25, 0.3) is 0 Å². The second-order valence-corrected chi connectivity index (χ2v) is 5.32. The molecule has 0 fully saturated rings. The molecule has 1 aromatic rings. The lowest BCUT2D eigenvalue weighted by molar-refractivity contribution is 0.556. The SMILES string of the molecule is CSCC(C)CNCc1cc(F)cc(Cl)c1. The van der Waals surface area contributed by atoms with Gasteiger partial charge in [0.1, 0.15) is 5.82 Å². The monoisotopic (exact) mass is 261 g/mol. The Balaban J connectivity index is 2.37. The number of hydrogen-bond donors (Lipinski definition) is 1. The average molecular weight is 262 g/mol.